The number of methoxy groups -OCH3 is 1. The topological polar surface area (TPSA) is 74.4 Å². The van der Waals surface area contributed by atoms with E-state index in [1.54, 1.807) is 7.11 Å². The fourth-order valence-electron chi connectivity index (χ4n) is 7.11. The van der Waals surface area contributed by atoms with Gasteiger partial charge in [-0.25, -0.2) is 0 Å². The minimum Gasteiger partial charge on any atom is -0.497 e. The van der Waals surface area contributed by atoms with Crippen LogP contribution < -0.4 is 15.0 Å². The van der Waals surface area contributed by atoms with Gasteiger partial charge in [-0.05, 0) is 53.8 Å². The Morgan fingerprint density at radius 3 is 2.30 bits per heavy atom. The number of allylic oxidation sites excluding steroid dienone is 1. The normalized spacial score (nSPS) is 19.4. The van der Waals surface area contributed by atoms with E-state index in [0.29, 0.717) is 25.0 Å². The molecule has 7 rings (SSSR count). The van der Waals surface area contributed by atoms with Gasteiger partial charge in [-0.1, -0.05) is 80.6 Å². The molecule has 0 spiro atoms. The Labute approximate surface area is 257 Å². The second-order valence-corrected chi connectivity index (χ2v) is 12.5. The summed E-state index contributed by atoms with van der Waals surface area (Å²) in [6.07, 6.45) is 2.88. The van der Waals surface area contributed by atoms with Gasteiger partial charge < -0.3 is 19.9 Å². The Bertz CT molecular complexity index is 1920. The van der Waals surface area contributed by atoms with Crippen molar-refractivity contribution in [2.24, 2.45) is 5.41 Å². The number of ketones is 1. The molecule has 44 heavy (non-hydrogen) atoms. The lowest BCUT2D eigenvalue weighted by molar-refractivity contribution is -0.125. The van der Waals surface area contributed by atoms with Crippen molar-refractivity contribution in [2.45, 2.75) is 38.6 Å². The van der Waals surface area contributed by atoms with Crippen molar-refractivity contribution in [3.63, 3.8) is 0 Å². The van der Waals surface area contributed by atoms with Crippen LogP contribution in [0.3, 0.4) is 0 Å². The molecule has 0 radical (unpaired) electrons. The zero-order valence-corrected chi connectivity index (χ0v) is 25.2. The zero-order chi connectivity index (χ0) is 30.5. The molecule has 0 unspecified atom stereocenters. The number of benzene rings is 4. The highest BCUT2D eigenvalue weighted by Gasteiger charge is 2.59. The van der Waals surface area contributed by atoms with Crippen molar-refractivity contribution in [1.29, 1.82) is 0 Å². The number of aromatic nitrogens is 1. The van der Waals surface area contributed by atoms with Gasteiger partial charge in [0.25, 0.3) is 0 Å². The molecule has 6 nitrogen and oxygen atoms in total. The third kappa shape index (κ3) is 4.41. The van der Waals surface area contributed by atoms with Crippen molar-refractivity contribution >= 4 is 34.0 Å². The third-order valence-corrected chi connectivity index (χ3v) is 8.98. The first-order chi connectivity index (χ1) is 21.3. The molecule has 2 heterocycles. The molecular formula is C38H35N3O3. The lowest BCUT2D eigenvalue weighted by Gasteiger charge is -2.40. The van der Waals surface area contributed by atoms with Gasteiger partial charge >= 0.3 is 0 Å². The second kappa shape index (κ2) is 10.6. The molecule has 2 N–H and O–H groups in total. The van der Waals surface area contributed by atoms with Crippen LogP contribution in [0, 0.1) is 5.41 Å². The smallest absolute Gasteiger partial charge is 0.247 e. The summed E-state index contributed by atoms with van der Waals surface area (Å²) in [7, 11) is 1.64. The summed E-state index contributed by atoms with van der Waals surface area (Å²) < 4.78 is 5.38. The van der Waals surface area contributed by atoms with Gasteiger partial charge in [-0.2, -0.15) is 0 Å². The first-order valence-electron chi connectivity index (χ1n) is 15.0. The molecule has 1 aliphatic carbocycles. The summed E-state index contributed by atoms with van der Waals surface area (Å²) in [5, 5.41) is 4.54. The van der Waals surface area contributed by atoms with Gasteiger partial charge in [0.15, 0.2) is 5.78 Å². The lowest BCUT2D eigenvalue weighted by atomic mass is 9.62. The Morgan fingerprint density at radius 2 is 1.52 bits per heavy atom. The Kier molecular flexibility index (Phi) is 6.65. The predicted octanol–water partition coefficient (Wildman–Crippen LogP) is 7.76. The summed E-state index contributed by atoms with van der Waals surface area (Å²) in [4.78, 5) is 35.3. The average molecular weight is 582 g/mol. The van der Waals surface area contributed by atoms with Crippen molar-refractivity contribution in [1.82, 2.24) is 4.98 Å². The van der Waals surface area contributed by atoms with Crippen LogP contribution >= 0.6 is 0 Å². The fourth-order valence-corrected chi connectivity index (χ4v) is 7.11. The minimum atomic E-state index is -1.35. The maximum Gasteiger partial charge on any atom is 0.247 e. The van der Waals surface area contributed by atoms with E-state index in [0.717, 1.165) is 50.4 Å². The van der Waals surface area contributed by atoms with Crippen LogP contribution in [0.4, 0.5) is 11.4 Å². The number of carbonyl (C=O) groups excluding carboxylic acids is 2. The van der Waals surface area contributed by atoms with Gasteiger partial charge in [-0.15, -0.1) is 0 Å². The summed E-state index contributed by atoms with van der Waals surface area (Å²) in [6.45, 7) is 4.62. The highest BCUT2D eigenvalue weighted by atomic mass is 16.5. The first-order valence-corrected chi connectivity index (χ1v) is 15.0. The molecule has 1 amide bonds. The Balaban J connectivity index is 1.53. The number of hydrogen-bond acceptors (Lipinski definition) is 4. The van der Waals surface area contributed by atoms with Crippen LogP contribution in [0.1, 0.15) is 43.4 Å². The number of rotatable bonds is 7. The Morgan fingerprint density at radius 1 is 0.818 bits per heavy atom. The molecule has 1 aliphatic heterocycles. The monoisotopic (exact) mass is 581 g/mol. The standard InChI is InChI=1S/C38H35N3O3/c1-37(2)21-32(40-26-17-19-27(44-3)20-18-26)35(34(42)22-37)38(30-23-39-31-15-9-7-13-28(30)31)29-14-8-10-16-33(29)41(36(38)43)24-25-11-5-4-6-12-25/h4-20,23,39-40H,21-22,24H2,1-3H3/t38-/m1/s1. The van der Waals surface area contributed by atoms with Crippen molar-refractivity contribution in [3.05, 3.63) is 137 Å². The summed E-state index contributed by atoms with van der Waals surface area (Å²) >= 11 is 0. The SMILES string of the molecule is COc1ccc(NC2=C([C@@]3(c4c[nH]c5ccccc45)C(=O)N(Cc4ccccc4)c4ccccc43)C(=O)CC(C)(C)C2)cc1. The number of ether oxygens (including phenoxy) is 1. The van der Waals surface area contributed by atoms with Gasteiger partial charge in [0.2, 0.25) is 5.91 Å². The van der Waals surface area contributed by atoms with E-state index in [1.807, 2.05) is 114 Å². The number of fused-ring (bicyclic) bond motifs is 2. The number of aromatic amines is 1. The van der Waals surface area contributed by atoms with E-state index in [4.69, 9.17) is 4.74 Å². The maximum absolute atomic E-state index is 15.4. The largest absolute Gasteiger partial charge is 0.497 e. The van der Waals surface area contributed by atoms with Gasteiger partial charge in [-0.3, -0.25) is 9.59 Å². The predicted molar refractivity (Wildman–Crippen MR) is 175 cm³/mol. The molecule has 0 saturated carbocycles. The zero-order valence-electron chi connectivity index (χ0n) is 25.2. The minimum absolute atomic E-state index is 0.0211. The number of hydrogen-bond donors (Lipinski definition) is 2. The molecule has 0 saturated heterocycles. The van der Waals surface area contributed by atoms with Crippen molar-refractivity contribution in [2.75, 3.05) is 17.3 Å². The molecule has 220 valence electrons. The van der Waals surface area contributed by atoms with Gasteiger partial charge in [0.1, 0.15) is 11.2 Å². The van der Waals surface area contributed by atoms with Crippen molar-refractivity contribution < 1.29 is 14.3 Å². The second-order valence-electron chi connectivity index (χ2n) is 12.5. The molecule has 5 aromatic rings. The van der Waals surface area contributed by atoms with Crippen LogP contribution in [0.5, 0.6) is 5.75 Å². The van der Waals surface area contributed by atoms with E-state index >= 15 is 4.79 Å². The number of nitrogens with one attached hydrogen (secondary N) is 2. The lowest BCUT2D eigenvalue weighted by Crippen LogP contribution is -2.47. The quantitative estimate of drug-likeness (QED) is 0.206. The van der Waals surface area contributed by atoms with E-state index in [1.165, 1.54) is 0 Å². The van der Waals surface area contributed by atoms with Crippen LogP contribution in [-0.4, -0.2) is 23.8 Å². The summed E-state index contributed by atoms with van der Waals surface area (Å²) in [5.74, 6) is 0.605. The van der Waals surface area contributed by atoms with E-state index in [-0.39, 0.29) is 17.1 Å². The van der Waals surface area contributed by atoms with Crippen molar-refractivity contribution in [3.8, 4) is 5.75 Å². The fraction of sp³-hybridized carbons (Fsp3) is 0.211. The van der Waals surface area contributed by atoms with Crippen LogP contribution in [0.15, 0.2) is 121 Å². The molecule has 2 aliphatic rings. The van der Waals surface area contributed by atoms with E-state index in [2.05, 4.69) is 24.1 Å². The number of H-pyrrole nitrogens is 1. The highest BCUT2D eigenvalue weighted by molar-refractivity contribution is 6.21. The highest BCUT2D eigenvalue weighted by Crippen LogP contribution is 2.56. The Hall–Kier alpha value is -5.10. The summed E-state index contributed by atoms with van der Waals surface area (Å²) in [6, 6.07) is 33.7. The molecule has 0 bridgehead atoms. The molecule has 6 heteroatoms. The number of anilines is 2. The summed E-state index contributed by atoms with van der Waals surface area (Å²) in [5.41, 5.74) is 4.85. The van der Waals surface area contributed by atoms with Crippen LogP contribution in [-0.2, 0) is 21.5 Å². The average Bonchev–Trinajstić information content (AvgIpc) is 3.55. The van der Waals surface area contributed by atoms with E-state index < -0.39 is 5.41 Å². The van der Waals surface area contributed by atoms with Gasteiger partial charge in [0, 0.05) is 57.3 Å². The van der Waals surface area contributed by atoms with Gasteiger partial charge in [0.05, 0.1) is 13.7 Å². The first kappa shape index (κ1) is 27.7. The van der Waals surface area contributed by atoms with Crippen LogP contribution in [0.2, 0.25) is 0 Å². The number of amides is 1. The third-order valence-electron chi connectivity index (χ3n) is 8.98. The molecule has 1 aromatic heterocycles. The number of Topliss-reactive ketones (excluding diaryl/α,β-unsaturated/α-hetero) is 1. The number of nitrogens with zero attached hydrogens (tertiary/aromatic N) is 1. The van der Waals surface area contributed by atoms with E-state index in [9.17, 15) is 4.79 Å². The van der Waals surface area contributed by atoms with Crippen LogP contribution in [0.25, 0.3) is 10.9 Å². The molecule has 0 fully saturated rings. The molecule has 1 atom stereocenters. The maximum atomic E-state index is 15.4. The molecular weight excluding hydrogens is 546 g/mol. The number of para-hydroxylation sites is 2. The number of carbonyl (C=O) groups is 2. The molecule has 4 aromatic carbocycles.